The van der Waals surface area contributed by atoms with Crippen molar-refractivity contribution in [2.75, 3.05) is 19.0 Å². The highest BCUT2D eigenvalue weighted by molar-refractivity contribution is 6.20. The zero-order valence-corrected chi connectivity index (χ0v) is 13.9. The fourth-order valence-electron chi connectivity index (χ4n) is 2.95. The molecule has 0 fully saturated rings. The molecule has 25 heavy (non-hydrogen) atoms. The highest BCUT2D eigenvalue weighted by atomic mass is 16.2. The molecule has 0 aliphatic carbocycles. The minimum atomic E-state index is -0.392. The summed E-state index contributed by atoms with van der Waals surface area (Å²) in [5.41, 5.74) is 2.79. The molecule has 6 nitrogen and oxygen atoms in total. The van der Waals surface area contributed by atoms with Crippen LogP contribution in [0.3, 0.4) is 0 Å². The largest absolute Gasteiger partial charge is 0.378 e. The van der Waals surface area contributed by atoms with Gasteiger partial charge in [0, 0.05) is 19.8 Å². The van der Waals surface area contributed by atoms with Crippen molar-refractivity contribution >= 4 is 17.2 Å². The predicted molar refractivity (Wildman–Crippen MR) is 95.5 cm³/mol. The summed E-state index contributed by atoms with van der Waals surface area (Å²) in [7, 11) is 3.89. The minimum absolute atomic E-state index is 0.275. The van der Waals surface area contributed by atoms with E-state index in [1.165, 1.54) is 4.68 Å². The molecule has 0 saturated heterocycles. The van der Waals surface area contributed by atoms with Crippen LogP contribution in [0, 0.1) is 0 Å². The van der Waals surface area contributed by atoms with Crippen molar-refractivity contribution < 1.29 is 4.79 Å². The van der Waals surface area contributed by atoms with Gasteiger partial charge in [-0.15, -0.1) is 0 Å². The number of carbonyl (C=O) groups is 1. The third kappa shape index (κ3) is 2.39. The van der Waals surface area contributed by atoms with E-state index in [-0.39, 0.29) is 5.56 Å². The molecule has 124 valence electrons. The second-order valence-corrected chi connectivity index (χ2v) is 6.04. The number of para-hydroxylation sites is 1. The highest BCUT2D eigenvalue weighted by Gasteiger charge is 2.23. The number of nitrogens with one attached hydrogen (secondary N) is 1. The Labute approximate surface area is 143 Å². The first-order chi connectivity index (χ1) is 12.1. The quantitative estimate of drug-likeness (QED) is 0.763. The number of H-pyrrole nitrogens is 1. The molecule has 2 aromatic carbocycles. The molecule has 1 aliphatic heterocycles. The van der Waals surface area contributed by atoms with E-state index in [4.69, 9.17) is 0 Å². The number of hydrogen-bond acceptors (Lipinski definition) is 3. The number of aromatic nitrogens is 2. The lowest BCUT2D eigenvalue weighted by Gasteiger charge is -2.12. The van der Waals surface area contributed by atoms with Gasteiger partial charge in [-0.1, -0.05) is 30.3 Å². The van der Waals surface area contributed by atoms with Gasteiger partial charge in [-0.05, 0) is 29.8 Å². The van der Waals surface area contributed by atoms with Crippen molar-refractivity contribution in [2.45, 2.75) is 0 Å². The fraction of sp³-hybridized carbons (Fsp3) is 0.105. The van der Waals surface area contributed by atoms with Gasteiger partial charge in [-0.3, -0.25) is 14.7 Å². The number of anilines is 1. The Kier molecular flexibility index (Phi) is 3.39. The number of amides is 1. The van der Waals surface area contributed by atoms with Crippen LogP contribution in [0.5, 0.6) is 0 Å². The number of nitrogens with zero attached hydrogens (tertiary/aromatic N) is 3. The normalized spacial score (nSPS) is 12.9. The summed E-state index contributed by atoms with van der Waals surface area (Å²) in [6.45, 7) is 0. The van der Waals surface area contributed by atoms with Gasteiger partial charge in [0.2, 0.25) is 0 Å². The van der Waals surface area contributed by atoms with Crippen LogP contribution in [0.15, 0.2) is 64.4 Å². The zero-order valence-electron chi connectivity index (χ0n) is 13.9. The molecular formula is C19H16N4O2. The SMILES string of the molecule is CN(C)c1ccc(C2=c3c([nH]n(-c4ccccc4)c3=O)=NC2=O)cc1. The lowest BCUT2D eigenvalue weighted by Crippen LogP contribution is -2.35. The van der Waals surface area contributed by atoms with Crippen molar-refractivity contribution in [3.8, 4) is 5.69 Å². The smallest absolute Gasteiger partial charge is 0.281 e. The summed E-state index contributed by atoms with van der Waals surface area (Å²) in [6, 6.07) is 16.7. The van der Waals surface area contributed by atoms with Crippen LogP contribution < -0.4 is 21.2 Å². The molecule has 0 spiro atoms. The van der Waals surface area contributed by atoms with Gasteiger partial charge in [-0.25, -0.2) is 4.68 Å². The predicted octanol–water partition coefficient (Wildman–Crippen LogP) is 0.590. The first-order valence-corrected chi connectivity index (χ1v) is 7.88. The molecule has 0 atom stereocenters. The average molecular weight is 332 g/mol. The summed E-state index contributed by atoms with van der Waals surface area (Å²) in [4.78, 5) is 31.2. The van der Waals surface area contributed by atoms with Crippen LogP contribution in [-0.2, 0) is 4.79 Å². The van der Waals surface area contributed by atoms with Crippen LogP contribution in [0.25, 0.3) is 11.3 Å². The summed E-state index contributed by atoms with van der Waals surface area (Å²) >= 11 is 0. The molecule has 1 amide bonds. The van der Waals surface area contributed by atoms with Crippen molar-refractivity contribution in [1.29, 1.82) is 0 Å². The summed E-state index contributed by atoms with van der Waals surface area (Å²) < 4.78 is 1.41. The van der Waals surface area contributed by atoms with Gasteiger partial charge in [0.1, 0.15) is 0 Å². The van der Waals surface area contributed by atoms with Gasteiger partial charge in [-0.2, -0.15) is 4.99 Å². The molecule has 1 aromatic heterocycles. The molecule has 2 heterocycles. The van der Waals surface area contributed by atoms with Crippen LogP contribution >= 0.6 is 0 Å². The number of hydrogen-bond donors (Lipinski definition) is 1. The molecule has 0 bridgehead atoms. The second kappa shape index (κ2) is 5.59. The molecule has 1 N–H and O–H groups in total. The Morgan fingerprint density at radius 2 is 1.64 bits per heavy atom. The Morgan fingerprint density at radius 1 is 0.960 bits per heavy atom. The van der Waals surface area contributed by atoms with E-state index in [1.54, 1.807) is 0 Å². The standard InChI is InChI=1S/C19H16N4O2/c1-22(2)13-10-8-12(9-11-13)15-16-17(20-18(15)24)21-23(19(16)25)14-6-4-3-5-7-14/h3-11H,1-2H3,(H,20,21,24). The van der Waals surface area contributed by atoms with Crippen LogP contribution in [-0.4, -0.2) is 29.8 Å². The fourth-order valence-corrected chi connectivity index (χ4v) is 2.95. The second-order valence-electron chi connectivity index (χ2n) is 6.04. The Morgan fingerprint density at radius 3 is 2.28 bits per heavy atom. The van der Waals surface area contributed by atoms with Gasteiger partial charge in [0.25, 0.3) is 11.5 Å². The molecule has 1 aliphatic rings. The zero-order chi connectivity index (χ0) is 17.6. The number of rotatable bonds is 3. The van der Waals surface area contributed by atoms with E-state index in [0.717, 1.165) is 5.69 Å². The van der Waals surface area contributed by atoms with Crippen molar-refractivity contribution in [3.63, 3.8) is 0 Å². The third-order valence-electron chi connectivity index (χ3n) is 4.24. The monoisotopic (exact) mass is 332 g/mol. The van der Waals surface area contributed by atoms with Gasteiger partial charge < -0.3 is 4.90 Å². The lowest BCUT2D eigenvalue weighted by molar-refractivity contribution is -0.112. The third-order valence-corrected chi connectivity index (χ3v) is 4.24. The van der Waals surface area contributed by atoms with Crippen molar-refractivity contribution in [2.24, 2.45) is 4.99 Å². The van der Waals surface area contributed by atoms with E-state index in [1.807, 2.05) is 73.6 Å². The maximum atomic E-state index is 12.9. The summed E-state index contributed by atoms with van der Waals surface area (Å²) in [6.07, 6.45) is 0. The number of fused-ring (bicyclic) bond motifs is 1. The topological polar surface area (TPSA) is 70.5 Å². The number of aromatic amines is 1. The Bertz CT molecular complexity index is 1140. The van der Waals surface area contributed by atoms with Crippen LogP contribution in [0.1, 0.15) is 5.56 Å². The van der Waals surface area contributed by atoms with E-state index in [9.17, 15) is 9.59 Å². The molecule has 4 rings (SSSR count). The highest BCUT2D eigenvalue weighted by Crippen LogP contribution is 2.18. The average Bonchev–Trinajstić information content (AvgIpc) is 3.11. The number of benzene rings is 2. The molecule has 6 heteroatoms. The van der Waals surface area contributed by atoms with Gasteiger partial charge >= 0.3 is 0 Å². The van der Waals surface area contributed by atoms with E-state index in [2.05, 4.69) is 10.1 Å². The van der Waals surface area contributed by atoms with Crippen LogP contribution in [0.2, 0.25) is 0 Å². The maximum Gasteiger partial charge on any atom is 0.281 e. The molecule has 0 unspecified atom stereocenters. The lowest BCUT2D eigenvalue weighted by atomic mass is 10.0. The molecular weight excluding hydrogens is 316 g/mol. The molecule has 0 radical (unpaired) electrons. The van der Waals surface area contributed by atoms with E-state index >= 15 is 0 Å². The summed E-state index contributed by atoms with van der Waals surface area (Å²) in [5, 5.41) is 3.25. The van der Waals surface area contributed by atoms with Crippen molar-refractivity contribution in [3.05, 3.63) is 81.2 Å². The maximum absolute atomic E-state index is 12.9. The Balaban J connectivity index is 1.94. The van der Waals surface area contributed by atoms with E-state index in [0.29, 0.717) is 27.5 Å². The summed E-state index contributed by atoms with van der Waals surface area (Å²) in [5.74, 6) is -0.392. The van der Waals surface area contributed by atoms with Gasteiger partial charge in [0.05, 0.1) is 16.5 Å². The van der Waals surface area contributed by atoms with Crippen molar-refractivity contribution in [1.82, 2.24) is 9.78 Å². The first-order valence-electron chi connectivity index (χ1n) is 7.88. The van der Waals surface area contributed by atoms with E-state index < -0.39 is 5.91 Å². The van der Waals surface area contributed by atoms with Gasteiger partial charge in [0.15, 0.2) is 5.49 Å². The number of carbonyl (C=O) groups excluding carboxylic acids is 1. The Hall–Kier alpha value is -3.41. The molecule has 0 saturated carbocycles. The first kappa shape index (κ1) is 15.1. The van der Waals surface area contributed by atoms with Crippen LogP contribution in [0.4, 0.5) is 5.69 Å². The molecule has 3 aromatic rings. The minimum Gasteiger partial charge on any atom is -0.378 e.